The molecule has 0 radical (unpaired) electrons. The Labute approximate surface area is 174 Å². The molecule has 146 valence electrons. The fourth-order valence-electron chi connectivity index (χ4n) is 2.20. The lowest BCUT2D eigenvalue weighted by Crippen LogP contribution is -2.28. The number of carbonyl (C=O) groups is 2. The number of hydrogen-bond acceptors (Lipinski definition) is 8. The number of benzene rings is 2. The molecule has 0 saturated carbocycles. The van der Waals surface area contributed by atoms with Gasteiger partial charge in [-0.3, -0.25) is 4.79 Å². The van der Waals surface area contributed by atoms with E-state index in [0.29, 0.717) is 21.7 Å². The third-order valence-electron chi connectivity index (χ3n) is 3.48. The van der Waals surface area contributed by atoms with Crippen LogP contribution in [-0.2, 0) is 14.3 Å². The predicted octanol–water partition coefficient (Wildman–Crippen LogP) is 4.94. The smallest absolute Gasteiger partial charge is 0.354 e. The van der Waals surface area contributed by atoms with E-state index < -0.39 is 18.0 Å². The van der Waals surface area contributed by atoms with Crippen molar-refractivity contribution in [1.29, 1.82) is 0 Å². The highest BCUT2D eigenvalue weighted by atomic mass is 35.5. The Balaban J connectivity index is 1.59. The Morgan fingerprint density at radius 3 is 2.61 bits per heavy atom. The Bertz CT molecular complexity index is 990. The van der Waals surface area contributed by atoms with Crippen molar-refractivity contribution in [2.24, 2.45) is 0 Å². The lowest BCUT2D eigenvalue weighted by Gasteiger charge is -2.13. The summed E-state index contributed by atoms with van der Waals surface area (Å²) < 4.78 is 16.9. The van der Waals surface area contributed by atoms with Crippen LogP contribution in [0.15, 0.2) is 42.5 Å². The van der Waals surface area contributed by atoms with Crippen LogP contribution < -0.4 is 9.47 Å². The Hall–Kier alpha value is -2.29. The van der Waals surface area contributed by atoms with Gasteiger partial charge in [-0.25, -0.2) is 9.78 Å². The zero-order valence-electron chi connectivity index (χ0n) is 15.0. The summed E-state index contributed by atoms with van der Waals surface area (Å²) in [6.45, 7) is 1.52. The van der Waals surface area contributed by atoms with Crippen LogP contribution >= 0.6 is 34.7 Å². The quantitative estimate of drug-likeness (QED) is 0.382. The molecule has 28 heavy (non-hydrogen) atoms. The van der Waals surface area contributed by atoms with Crippen molar-refractivity contribution >= 4 is 56.9 Å². The number of halogens is 1. The number of thioether (sulfide) groups is 1. The number of hydrogen-bond donors (Lipinski definition) is 0. The Morgan fingerprint density at radius 2 is 1.89 bits per heavy atom. The van der Waals surface area contributed by atoms with Gasteiger partial charge >= 0.3 is 11.9 Å². The lowest BCUT2D eigenvalue weighted by atomic mass is 10.3. The molecule has 9 heteroatoms. The minimum atomic E-state index is -0.911. The Kier molecular flexibility index (Phi) is 6.77. The van der Waals surface area contributed by atoms with Gasteiger partial charge in [-0.2, -0.15) is 11.8 Å². The van der Waals surface area contributed by atoms with E-state index in [-0.39, 0.29) is 5.75 Å². The average molecular weight is 438 g/mol. The van der Waals surface area contributed by atoms with E-state index >= 15 is 0 Å². The predicted molar refractivity (Wildman–Crippen MR) is 111 cm³/mol. The van der Waals surface area contributed by atoms with E-state index in [1.807, 2.05) is 12.1 Å². The number of rotatable bonds is 7. The SMILES string of the molecule is CSCC(=O)OC(=O)C(C)Oc1ccc(Oc2nc3ccc(Cl)cc3s2)cc1. The van der Waals surface area contributed by atoms with Crippen LogP contribution in [0, 0.1) is 0 Å². The van der Waals surface area contributed by atoms with Crippen LogP contribution in [0.5, 0.6) is 16.7 Å². The minimum Gasteiger partial charge on any atom is -0.479 e. The topological polar surface area (TPSA) is 74.7 Å². The van der Waals surface area contributed by atoms with E-state index in [9.17, 15) is 9.59 Å². The molecule has 6 nitrogen and oxygen atoms in total. The summed E-state index contributed by atoms with van der Waals surface area (Å²) in [6, 6.07) is 12.2. The van der Waals surface area contributed by atoms with Crippen LogP contribution in [0.1, 0.15) is 6.92 Å². The summed E-state index contributed by atoms with van der Waals surface area (Å²) >= 11 is 8.65. The van der Waals surface area contributed by atoms with Gasteiger partial charge in [0.25, 0.3) is 5.19 Å². The summed E-state index contributed by atoms with van der Waals surface area (Å²) in [6.07, 6.45) is 0.838. The van der Waals surface area contributed by atoms with Gasteiger partial charge < -0.3 is 14.2 Å². The molecule has 1 heterocycles. The molecular formula is C19H16ClNO5S2. The molecule has 0 saturated heterocycles. The maximum Gasteiger partial charge on any atom is 0.354 e. The van der Waals surface area contributed by atoms with Gasteiger partial charge in [0.15, 0.2) is 6.10 Å². The number of thiazole rings is 1. The molecule has 0 aliphatic carbocycles. The van der Waals surface area contributed by atoms with Crippen molar-refractivity contribution in [3.8, 4) is 16.7 Å². The number of carbonyl (C=O) groups excluding carboxylic acids is 2. The summed E-state index contributed by atoms with van der Waals surface area (Å²) in [5.74, 6) is -0.183. The minimum absolute atomic E-state index is 0.114. The summed E-state index contributed by atoms with van der Waals surface area (Å²) in [5, 5.41) is 1.14. The largest absolute Gasteiger partial charge is 0.479 e. The monoisotopic (exact) mass is 437 g/mol. The number of aromatic nitrogens is 1. The molecule has 1 atom stereocenters. The van der Waals surface area contributed by atoms with Gasteiger partial charge in [0.1, 0.15) is 11.5 Å². The molecular weight excluding hydrogens is 422 g/mol. The molecule has 1 aromatic heterocycles. The van der Waals surface area contributed by atoms with E-state index in [4.69, 9.17) is 25.8 Å². The molecule has 0 amide bonds. The third kappa shape index (κ3) is 5.37. The molecule has 3 aromatic rings. The summed E-state index contributed by atoms with van der Waals surface area (Å²) in [4.78, 5) is 27.6. The van der Waals surface area contributed by atoms with Gasteiger partial charge in [-0.1, -0.05) is 22.9 Å². The highest BCUT2D eigenvalue weighted by molar-refractivity contribution is 7.99. The second-order valence-electron chi connectivity index (χ2n) is 5.65. The number of fused-ring (bicyclic) bond motifs is 1. The average Bonchev–Trinajstić information content (AvgIpc) is 3.04. The molecule has 1 unspecified atom stereocenters. The van der Waals surface area contributed by atoms with E-state index in [2.05, 4.69) is 4.98 Å². The van der Waals surface area contributed by atoms with Gasteiger partial charge in [-0.15, -0.1) is 0 Å². The molecule has 0 aliphatic heterocycles. The van der Waals surface area contributed by atoms with Crippen molar-refractivity contribution in [2.45, 2.75) is 13.0 Å². The molecule has 2 aromatic carbocycles. The first-order valence-electron chi connectivity index (χ1n) is 8.18. The zero-order valence-corrected chi connectivity index (χ0v) is 17.4. The molecule has 0 bridgehead atoms. The van der Waals surface area contributed by atoms with Crippen molar-refractivity contribution in [2.75, 3.05) is 12.0 Å². The van der Waals surface area contributed by atoms with Crippen molar-refractivity contribution < 1.29 is 23.8 Å². The summed E-state index contributed by atoms with van der Waals surface area (Å²) in [5.41, 5.74) is 0.813. The second-order valence-corrected chi connectivity index (χ2v) is 7.95. The molecule has 3 rings (SSSR count). The van der Waals surface area contributed by atoms with E-state index in [0.717, 1.165) is 10.2 Å². The standard InChI is InChI=1S/C19H16ClNO5S2/c1-11(18(23)26-17(22)10-27-2)24-13-4-6-14(7-5-13)25-19-21-15-8-3-12(20)9-16(15)28-19/h3-9,11H,10H2,1-2H3. The first-order valence-corrected chi connectivity index (χ1v) is 10.8. The van der Waals surface area contributed by atoms with Crippen LogP contribution in [0.4, 0.5) is 0 Å². The zero-order chi connectivity index (χ0) is 20.1. The van der Waals surface area contributed by atoms with Crippen molar-refractivity contribution in [3.63, 3.8) is 0 Å². The number of ether oxygens (including phenoxy) is 3. The first-order chi connectivity index (χ1) is 13.4. The van der Waals surface area contributed by atoms with Crippen LogP contribution in [0.25, 0.3) is 10.2 Å². The van der Waals surface area contributed by atoms with Gasteiger partial charge in [0.05, 0.1) is 16.0 Å². The second kappa shape index (κ2) is 9.27. The molecule has 0 fully saturated rings. The first kappa shape index (κ1) is 20.4. The van der Waals surface area contributed by atoms with Crippen LogP contribution in [-0.4, -0.2) is 35.0 Å². The fraction of sp³-hybridized carbons (Fsp3) is 0.211. The fourth-order valence-corrected chi connectivity index (χ4v) is 3.61. The highest BCUT2D eigenvalue weighted by Gasteiger charge is 2.19. The van der Waals surface area contributed by atoms with Crippen LogP contribution in [0.3, 0.4) is 0 Å². The maximum absolute atomic E-state index is 11.8. The Morgan fingerprint density at radius 1 is 1.18 bits per heavy atom. The molecule has 0 aliphatic rings. The molecule has 0 spiro atoms. The van der Waals surface area contributed by atoms with Crippen molar-refractivity contribution in [1.82, 2.24) is 4.98 Å². The number of nitrogens with zero attached hydrogens (tertiary/aromatic N) is 1. The molecule has 0 N–H and O–H groups in total. The lowest BCUT2D eigenvalue weighted by molar-refractivity contribution is -0.162. The highest BCUT2D eigenvalue weighted by Crippen LogP contribution is 2.33. The van der Waals surface area contributed by atoms with E-state index in [1.165, 1.54) is 30.0 Å². The van der Waals surface area contributed by atoms with E-state index in [1.54, 1.807) is 36.6 Å². The van der Waals surface area contributed by atoms with Crippen molar-refractivity contribution in [3.05, 3.63) is 47.5 Å². The van der Waals surface area contributed by atoms with Crippen LogP contribution in [0.2, 0.25) is 5.02 Å². The normalized spacial score (nSPS) is 11.8. The summed E-state index contributed by atoms with van der Waals surface area (Å²) in [7, 11) is 0. The van der Waals surface area contributed by atoms with Gasteiger partial charge in [0, 0.05) is 5.02 Å². The van der Waals surface area contributed by atoms with Gasteiger partial charge in [-0.05, 0) is 55.6 Å². The number of esters is 2. The van der Waals surface area contributed by atoms with Gasteiger partial charge in [0.2, 0.25) is 0 Å². The maximum atomic E-state index is 11.8. The third-order valence-corrected chi connectivity index (χ3v) is 5.14.